The second kappa shape index (κ2) is 4.33. The van der Waals surface area contributed by atoms with Crippen molar-refractivity contribution in [1.82, 2.24) is 10.2 Å². The number of aromatic amines is 1. The molecule has 2 aromatic rings. The molecule has 0 spiro atoms. The van der Waals surface area contributed by atoms with Crippen LogP contribution in [0.3, 0.4) is 0 Å². The van der Waals surface area contributed by atoms with Gasteiger partial charge in [0.15, 0.2) is 0 Å². The molecule has 14 heavy (non-hydrogen) atoms. The summed E-state index contributed by atoms with van der Waals surface area (Å²) in [7, 11) is 0. The summed E-state index contributed by atoms with van der Waals surface area (Å²) in [5.41, 5.74) is 2.55. The zero-order chi connectivity index (χ0) is 9.80. The van der Waals surface area contributed by atoms with E-state index in [1.54, 1.807) is 11.8 Å². The molecule has 0 bridgehead atoms. The zero-order valence-corrected chi connectivity index (χ0v) is 8.84. The maximum atomic E-state index is 3.99. The fourth-order valence-corrected chi connectivity index (χ4v) is 2.11. The Kier molecular flexibility index (Phi) is 2.89. The first-order valence-corrected chi connectivity index (χ1v) is 5.51. The number of aromatic nitrogens is 2. The summed E-state index contributed by atoms with van der Waals surface area (Å²) < 4.78 is 0. The van der Waals surface area contributed by atoms with Gasteiger partial charge in [-0.15, -0.1) is 11.8 Å². The van der Waals surface area contributed by atoms with Gasteiger partial charge in [0.25, 0.3) is 0 Å². The average Bonchev–Trinajstić information content (AvgIpc) is 2.63. The largest absolute Gasteiger partial charge is 0.272 e. The third kappa shape index (κ3) is 2.17. The van der Waals surface area contributed by atoms with Gasteiger partial charge in [0.1, 0.15) is 0 Å². The highest BCUT2D eigenvalue weighted by atomic mass is 32.2. The lowest BCUT2D eigenvalue weighted by Crippen LogP contribution is -1.80. The van der Waals surface area contributed by atoms with Crippen LogP contribution < -0.4 is 0 Å². The Bertz CT molecular complexity index is 395. The van der Waals surface area contributed by atoms with Crippen molar-refractivity contribution < 1.29 is 0 Å². The molecule has 0 saturated carbocycles. The summed E-state index contributed by atoms with van der Waals surface area (Å²) in [6.07, 6.45) is 1.85. The van der Waals surface area contributed by atoms with E-state index in [4.69, 9.17) is 0 Å². The van der Waals surface area contributed by atoms with E-state index in [9.17, 15) is 0 Å². The van der Waals surface area contributed by atoms with E-state index in [1.807, 2.05) is 12.3 Å². The minimum Gasteiger partial charge on any atom is -0.272 e. The van der Waals surface area contributed by atoms with Crippen molar-refractivity contribution in [2.45, 2.75) is 17.7 Å². The Morgan fingerprint density at radius 3 is 2.71 bits per heavy atom. The standard InChI is InChI=1S/C11H12N2S/c1-9-7-12-13-11(9)14-8-10-5-3-2-4-6-10/h2-7H,8H2,1H3,(H,12,13). The third-order valence-corrected chi connectivity index (χ3v) is 3.19. The minimum atomic E-state index is 0.990. The maximum absolute atomic E-state index is 3.99. The number of nitrogens with one attached hydrogen (secondary N) is 1. The quantitative estimate of drug-likeness (QED) is 0.778. The average molecular weight is 204 g/mol. The molecule has 0 aliphatic heterocycles. The monoisotopic (exact) mass is 204 g/mol. The number of hydrogen-bond donors (Lipinski definition) is 1. The molecule has 0 unspecified atom stereocenters. The first-order chi connectivity index (χ1) is 6.86. The summed E-state index contributed by atoms with van der Waals surface area (Å²) in [6.45, 7) is 2.07. The van der Waals surface area contributed by atoms with E-state index in [1.165, 1.54) is 11.1 Å². The highest BCUT2D eigenvalue weighted by molar-refractivity contribution is 7.98. The van der Waals surface area contributed by atoms with Crippen LogP contribution in [0.2, 0.25) is 0 Å². The molecule has 1 aromatic heterocycles. The zero-order valence-electron chi connectivity index (χ0n) is 8.03. The van der Waals surface area contributed by atoms with E-state index in [0.717, 1.165) is 10.8 Å². The van der Waals surface area contributed by atoms with Gasteiger partial charge >= 0.3 is 0 Å². The minimum absolute atomic E-state index is 0.990. The number of H-pyrrole nitrogens is 1. The van der Waals surface area contributed by atoms with Gasteiger partial charge in [-0.05, 0) is 12.5 Å². The van der Waals surface area contributed by atoms with Crippen molar-refractivity contribution in [3.8, 4) is 0 Å². The Morgan fingerprint density at radius 1 is 1.29 bits per heavy atom. The Labute approximate surface area is 87.7 Å². The topological polar surface area (TPSA) is 28.7 Å². The van der Waals surface area contributed by atoms with Crippen LogP contribution in [0.15, 0.2) is 41.6 Å². The van der Waals surface area contributed by atoms with Gasteiger partial charge in [0, 0.05) is 11.3 Å². The number of thioether (sulfide) groups is 1. The molecule has 2 nitrogen and oxygen atoms in total. The second-order valence-electron chi connectivity index (χ2n) is 3.16. The number of benzene rings is 1. The van der Waals surface area contributed by atoms with Crippen molar-refractivity contribution in [3.05, 3.63) is 47.7 Å². The first-order valence-electron chi connectivity index (χ1n) is 4.53. The molecule has 0 fully saturated rings. The molecule has 1 heterocycles. The molecule has 0 atom stereocenters. The molecule has 1 N–H and O–H groups in total. The van der Waals surface area contributed by atoms with Crippen LogP contribution in [0, 0.1) is 6.92 Å². The van der Waals surface area contributed by atoms with Crippen LogP contribution in [0.5, 0.6) is 0 Å². The summed E-state index contributed by atoms with van der Waals surface area (Å²) in [4.78, 5) is 0. The Morgan fingerprint density at radius 2 is 2.07 bits per heavy atom. The molecule has 1 aromatic carbocycles. The van der Waals surface area contributed by atoms with Gasteiger partial charge in [-0.1, -0.05) is 30.3 Å². The number of rotatable bonds is 3. The first kappa shape index (κ1) is 9.34. The molecular weight excluding hydrogens is 192 g/mol. The summed E-state index contributed by atoms with van der Waals surface area (Å²) >= 11 is 1.79. The molecule has 0 aliphatic carbocycles. The molecule has 0 radical (unpaired) electrons. The summed E-state index contributed by atoms with van der Waals surface area (Å²) in [6, 6.07) is 10.4. The second-order valence-corrected chi connectivity index (χ2v) is 4.14. The highest BCUT2D eigenvalue weighted by Crippen LogP contribution is 2.22. The third-order valence-electron chi connectivity index (χ3n) is 2.01. The van der Waals surface area contributed by atoms with Gasteiger partial charge in [0.2, 0.25) is 0 Å². The Hall–Kier alpha value is -1.22. The van der Waals surface area contributed by atoms with E-state index in [-0.39, 0.29) is 0 Å². The number of nitrogens with zero attached hydrogens (tertiary/aromatic N) is 1. The molecule has 2 rings (SSSR count). The summed E-state index contributed by atoms with van der Waals surface area (Å²) in [5.74, 6) is 0.990. The van der Waals surface area contributed by atoms with E-state index in [0.29, 0.717) is 0 Å². The van der Waals surface area contributed by atoms with Gasteiger partial charge in [-0.25, -0.2) is 0 Å². The van der Waals surface area contributed by atoms with Crippen LogP contribution in [-0.4, -0.2) is 10.2 Å². The predicted molar refractivity (Wildman–Crippen MR) is 59.3 cm³/mol. The number of aryl methyl sites for hydroxylation is 1. The SMILES string of the molecule is Cc1cn[nH]c1SCc1ccccc1. The van der Waals surface area contributed by atoms with E-state index < -0.39 is 0 Å². The molecule has 0 aliphatic rings. The maximum Gasteiger partial charge on any atom is 0.0940 e. The molecular formula is C11H12N2S. The predicted octanol–water partition coefficient (Wildman–Crippen LogP) is 3.01. The van der Waals surface area contributed by atoms with E-state index >= 15 is 0 Å². The normalized spacial score (nSPS) is 10.4. The van der Waals surface area contributed by atoms with Crippen LogP contribution in [-0.2, 0) is 5.75 Å². The van der Waals surface area contributed by atoms with Crippen LogP contribution in [0.25, 0.3) is 0 Å². The summed E-state index contributed by atoms with van der Waals surface area (Å²) in [5, 5.41) is 8.14. The van der Waals surface area contributed by atoms with Crippen LogP contribution in [0.1, 0.15) is 11.1 Å². The van der Waals surface area contributed by atoms with Crippen LogP contribution in [0.4, 0.5) is 0 Å². The van der Waals surface area contributed by atoms with E-state index in [2.05, 4.69) is 41.4 Å². The molecule has 0 amide bonds. The number of hydrogen-bond acceptors (Lipinski definition) is 2. The smallest absolute Gasteiger partial charge is 0.0940 e. The lowest BCUT2D eigenvalue weighted by molar-refractivity contribution is 0.997. The van der Waals surface area contributed by atoms with Crippen LogP contribution >= 0.6 is 11.8 Å². The van der Waals surface area contributed by atoms with Gasteiger partial charge in [0.05, 0.1) is 11.2 Å². The van der Waals surface area contributed by atoms with Crippen molar-refractivity contribution in [1.29, 1.82) is 0 Å². The fraction of sp³-hybridized carbons (Fsp3) is 0.182. The van der Waals surface area contributed by atoms with Gasteiger partial charge < -0.3 is 0 Å². The molecule has 3 heteroatoms. The van der Waals surface area contributed by atoms with Crippen molar-refractivity contribution in [2.24, 2.45) is 0 Å². The van der Waals surface area contributed by atoms with Gasteiger partial charge in [-0.2, -0.15) is 5.10 Å². The fourth-order valence-electron chi connectivity index (χ4n) is 1.21. The molecule has 72 valence electrons. The van der Waals surface area contributed by atoms with Crippen molar-refractivity contribution in [2.75, 3.05) is 0 Å². The lowest BCUT2D eigenvalue weighted by Gasteiger charge is -1.99. The van der Waals surface area contributed by atoms with Crippen molar-refractivity contribution >= 4 is 11.8 Å². The van der Waals surface area contributed by atoms with Gasteiger partial charge in [-0.3, -0.25) is 5.10 Å². The van der Waals surface area contributed by atoms with Crippen molar-refractivity contribution in [3.63, 3.8) is 0 Å². The molecule has 0 saturated heterocycles. The Balaban J connectivity index is 1.99. The lowest BCUT2D eigenvalue weighted by atomic mass is 10.2. The highest BCUT2D eigenvalue weighted by Gasteiger charge is 2.00.